The summed E-state index contributed by atoms with van der Waals surface area (Å²) in [5.74, 6) is 1.71. The second kappa shape index (κ2) is 11.4. The van der Waals surface area contributed by atoms with Crippen LogP contribution in [0, 0.1) is 5.82 Å². The number of hydrogen-bond donors (Lipinski definition) is 1. The van der Waals surface area contributed by atoms with Gasteiger partial charge in [-0.1, -0.05) is 24.3 Å². The van der Waals surface area contributed by atoms with E-state index in [1.165, 1.54) is 23.4 Å². The highest BCUT2D eigenvalue weighted by molar-refractivity contribution is 5.66. The lowest BCUT2D eigenvalue weighted by Gasteiger charge is -2.40. The van der Waals surface area contributed by atoms with Crippen molar-refractivity contribution in [2.24, 2.45) is 0 Å². The smallest absolute Gasteiger partial charge is 0.203 e. The number of benzene rings is 3. The molecule has 1 aliphatic rings. The molecule has 0 bridgehead atoms. The summed E-state index contributed by atoms with van der Waals surface area (Å²) in [6, 6.07) is 19.5. The SMILES string of the molecule is COc1ccc(C=CC[N+]2(c3ccc(Cc4ccc(F)cc4)cc3)CCNCC2)c(OC)c1OC. The molecule has 6 heteroatoms. The third kappa shape index (κ3) is 5.66. The van der Waals surface area contributed by atoms with Crippen LogP contribution in [0.2, 0.25) is 0 Å². The minimum atomic E-state index is -0.201. The van der Waals surface area contributed by atoms with Gasteiger partial charge in [-0.15, -0.1) is 0 Å². The Labute approximate surface area is 207 Å². The number of methoxy groups -OCH3 is 3. The fourth-order valence-electron chi connectivity index (χ4n) is 4.77. The number of hydrogen-bond acceptors (Lipinski definition) is 4. The molecule has 0 unspecified atom stereocenters. The predicted molar refractivity (Wildman–Crippen MR) is 140 cm³/mol. The molecule has 5 nitrogen and oxygen atoms in total. The molecule has 35 heavy (non-hydrogen) atoms. The minimum Gasteiger partial charge on any atom is -0.493 e. The molecule has 3 aromatic carbocycles. The monoisotopic (exact) mass is 477 g/mol. The van der Waals surface area contributed by atoms with Gasteiger partial charge in [-0.2, -0.15) is 0 Å². The Hall–Kier alpha value is -3.35. The first kappa shape index (κ1) is 24.8. The van der Waals surface area contributed by atoms with Crippen LogP contribution in [0.15, 0.2) is 66.7 Å². The Morgan fingerprint density at radius 2 is 1.43 bits per heavy atom. The van der Waals surface area contributed by atoms with E-state index in [2.05, 4.69) is 41.7 Å². The molecule has 0 atom stereocenters. The van der Waals surface area contributed by atoms with Gasteiger partial charge in [0.05, 0.1) is 34.4 Å². The lowest BCUT2D eigenvalue weighted by molar-refractivity contribution is 0.263. The third-order valence-electron chi connectivity index (χ3n) is 6.73. The number of halogens is 1. The number of quaternary nitrogens is 1. The average molecular weight is 478 g/mol. The van der Waals surface area contributed by atoms with E-state index in [-0.39, 0.29) is 5.82 Å². The van der Waals surface area contributed by atoms with E-state index in [4.69, 9.17) is 14.2 Å². The van der Waals surface area contributed by atoms with Crippen molar-refractivity contribution in [3.63, 3.8) is 0 Å². The predicted octanol–water partition coefficient (Wildman–Crippen LogP) is 5.07. The maximum absolute atomic E-state index is 13.2. The van der Waals surface area contributed by atoms with Crippen LogP contribution < -0.4 is 24.0 Å². The summed E-state index contributed by atoms with van der Waals surface area (Å²) >= 11 is 0. The molecule has 1 saturated heterocycles. The maximum Gasteiger partial charge on any atom is 0.203 e. The van der Waals surface area contributed by atoms with Crippen LogP contribution >= 0.6 is 0 Å². The Morgan fingerprint density at radius 1 is 0.800 bits per heavy atom. The molecule has 0 radical (unpaired) electrons. The van der Waals surface area contributed by atoms with Crippen LogP contribution in [-0.2, 0) is 6.42 Å². The van der Waals surface area contributed by atoms with Crippen LogP contribution in [0.3, 0.4) is 0 Å². The van der Waals surface area contributed by atoms with Crippen molar-refractivity contribution in [1.82, 2.24) is 9.80 Å². The lowest BCUT2D eigenvalue weighted by atomic mass is 10.0. The molecule has 0 aliphatic carbocycles. The van der Waals surface area contributed by atoms with E-state index >= 15 is 0 Å². The summed E-state index contributed by atoms with van der Waals surface area (Å²) in [6.45, 7) is 4.86. The van der Waals surface area contributed by atoms with Crippen LogP contribution in [0.25, 0.3) is 6.08 Å². The van der Waals surface area contributed by atoms with Crippen molar-refractivity contribution in [3.05, 3.63) is 89.2 Å². The van der Waals surface area contributed by atoms with Crippen LogP contribution in [-0.4, -0.2) is 54.1 Å². The van der Waals surface area contributed by atoms with E-state index < -0.39 is 0 Å². The van der Waals surface area contributed by atoms with Crippen LogP contribution in [0.4, 0.5) is 10.1 Å². The van der Waals surface area contributed by atoms with Gasteiger partial charge < -0.3 is 19.5 Å². The molecule has 184 valence electrons. The Balaban J connectivity index is 1.54. The van der Waals surface area contributed by atoms with E-state index in [0.29, 0.717) is 17.2 Å². The number of nitrogens with one attached hydrogen (secondary N) is 1. The standard InChI is InChI=1S/C29H34FN2O3/c1-33-27-15-10-24(28(34-2)29(27)35-3)5-4-18-32(19-16-31-17-20-32)26-13-8-23(9-14-26)21-22-6-11-25(30)12-7-22/h4-15,31H,16-21H2,1-3H3/q+1. The fourth-order valence-corrected chi connectivity index (χ4v) is 4.77. The molecule has 1 N–H and O–H groups in total. The molecule has 0 saturated carbocycles. The molecule has 4 rings (SSSR count). The molecular weight excluding hydrogens is 443 g/mol. The van der Waals surface area contributed by atoms with E-state index in [1.54, 1.807) is 21.3 Å². The Bertz CT molecular complexity index is 1140. The van der Waals surface area contributed by atoms with Crippen molar-refractivity contribution in [2.75, 3.05) is 54.1 Å². The zero-order chi connectivity index (χ0) is 24.7. The third-order valence-corrected chi connectivity index (χ3v) is 6.73. The highest BCUT2D eigenvalue weighted by Gasteiger charge is 2.31. The van der Waals surface area contributed by atoms with Gasteiger partial charge in [0.15, 0.2) is 11.5 Å². The van der Waals surface area contributed by atoms with E-state index in [9.17, 15) is 4.39 Å². The number of piperazine rings is 1. The second-order valence-electron chi connectivity index (χ2n) is 8.82. The fraction of sp³-hybridized carbons (Fsp3) is 0.310. The number of rotatable bonds is 9. The molecule has 3 aromatic rings. The molecule has 1 heterocycles. The van der Waals surface area contributed by atoms with Gasteiger partial charge in [0.1, 0.15) is 18.0 Å². The van der Waals surface area contributed by atoms with Crippen molar-refractivity contribution in [1.29, 1.82) is 0 Å². The largest absolute Gasteiger partial charge is 0.493 e. The van der Waals surface area contributed by atoms with Crippen LogP contribution in [0.5, 0.6) is 17.2 Å². The first-order valence-electron chi connectivity index (χ1n) is 11.9. The molecule has 0 aromatic heterocycles. The van der Waals surface area contributed by atoms with Gasteiger partial charge in [-0.3, -0.25) is 4.48 Å². The van der Waals surface area contributed by atoms with Crippen LogP contribution in [0.1, 0.15) is 16.7 Å². The summed E-state index contributed by atoms with van der Waals surface area (Å²) < 4.78 is 30.7. The lowest BCUT2D eigenvalue weighted by Crippen LogP contribution is -2.59. The normalized spacial score (nSPS) is 15.2. The van der Waals surface area contributed by atoms with Gasteiger partial charge in [0.2, 0.25) is 5.75 Å². The van der Waals surface area contributed by atoms with Gasteiger partial charge in [0.25, 0.3) is 0 Å². The van der Waals surface area contributed by atoms with Crippen molar-refractivity contribution in [3.8, 4) is 17.2 Å². The van der Waals surface area contributed by atoms with E-state index in [0.717, 1.165) is 54.8 Å². The number of ether oxygens (including phenoxy) is 3. The van der Waals surface area contributed by atoms with Gasteiger partial charge in [-0.25, -0.2) is 4.39 Å². The Kier molecular flexibility index (Phi) is 8.06. The Morgan fingerprint density at radius 3 is 2.03 bits per heavy atom. The second-order valence-corrected chi connectivity index (χ2v) is 8.82. The maximum atomic E-state index is 13.2. The highest BCUT2D eigenvalue weighted by Crippen LogP contribution is 2.40. The molecule has 1 aliphatic heterocycles. The topological polar surface area (TPSA) is 39.7 Å². The van der Waals surface area contributed by atoms with Crippen molar-refractivity contribution < 1.29 is 18.6 Å². The first-order chi connectivity index (χ1) is 17.1. The summed E-state index contributed by atoms with van der Waals surface area (Å²) in [7, 11) is 4.89. The zero-order valence-corrected chi connectivity index (χ0v) is 20.7. The average Bonchev–Trinajstić information content (AvgIpc) is 2.90. The highest BCUT2D eigenvalue weighted by atomic mass is 19.1. The molecule has 0 spiro atoms. The van der Waals surface area contributed by atoms with Gasteiger partial charge in [0, 0.05) is 18.7 Å². The summed E-state index contributed by atoms with van der Waals surface area (Å²) in [6.07, 6.45) is 5.12. The molecular formula is C29H34FN2O3+. The number of nitrogens with zero attached hydrogens (tertiary/aromatic N) is 1. The quantitative estimate of drug-likeness (QED) is 0.437. The molecule has 1 fully saturated rings. The van der Waals surface area contributed by atoms with Crippen molar-refractivity contribution >= 4 is 11.8 Å². The van der Waals surface area contributed by atoms with Gasteiger partial charge in [-0.05, 0) is 66.1 Å². The summed E-state index contributed by atoms with van der Waals surface area (Å²) in [4.78, 5) is 0. The summed E-state index contributed by atoms with van der Waals surface area (Å²) in [5.41, 5.74) is 4.59. The van der Waals surface area contributed by atoms with Crippen molar-refractivity contribution in [2.45, 2.75) is 6.42 Å². The summed E-state index contributed by atoms with van der Waals surface area (Å²) in [5, 5.41) is 3.49. The van der Waals surface area contributed by atoms with Gasteiger partial charge >= 0.3 is 0 Å². The molecule has 0 amide bonds. The zero-order valence-electron chi connectivity index (χ0n) is 20.7. The van der Waals surface area contributed by atoms with E-state index in [1.807, 2.05) is 24.3 Å². The first-order valence-corrected chi connectivity index (χ1v) is 11.9. The minimum absolute atomic E-state index is 0.201.